The molecule has 1 aromatic rings. The molecule has 2 aliphatic rings. The van der Waals surface area contributed by atoms with Crippen LogP contribution in [-0.4, -0.2) is 40.2 Å². The molecule has 102 valence electrons. The third-order valence-electron chi connectivity index (χ3n) is 3.75. The summed E-state index contributed by atoms with van der Waals surface area (Å²) in [7, 11) is 0. The van der Waals surface area contributed by atoms with Crippen LogP contribution >= 0.6 is 0 Å². The molecule has 3 rings (SSSR count). The standard InChI is InChI=1S/C13H18N4O2/c18-13(19)9-3-5-17(6-4-9)12-7-11(14-8-15-12)16-10-1-2-10/h7-10H,1-6H2,(H,18,19)(H,14,15,16). The molecule has 0 radical (unpaired) electrons. The second-order valence-electron chi connectivity index (χ2n) is 5.28. The lowest BCUT2D eigenvalue weighted by molar-refractivity contribution is -0.142. The van der Waals surface area contributed by atoms with E-state index in [2.05, 4.69) is 20.2 Å². The Morgan fingerprint density at radius 3 is 2.63 bits per heavy atom. The topological polar surface area (TPSA) is 78.4 Å². The zero-order chi connectivity index (χ0) is 13.2. The van der Waals surface area contributed by atoms with Gasteiger partial charge in [0, 0.05) is 25.2 Å². The van der Waals surface area contributed by atoms with Gasteiger partial charge in [0.1, 0.15) is 18.0 Å². The average molecular weight is 262 g/mol. The maximum Gasteiger partial charge on any atom is 0.306 e. The van der Waals surface area contributed by atoms with Gasteiger partial charge in [-0.3, -0.25) is 4.79 Å². The lowest BCUT2D eigenvalue weighted by Crippen LogP contribution is -2.36. The van der Waals surface area contributed by atoms with Crippen molar-refractivity contribution >= 4 is 17.6 Å². The molecule has 0 unspecified atom stereocenters. The monoisotopic (exact) mass is 262 g/mol. The molecule has 0 aromatic carbocycles. The van der Waals surface area contributed by atoms with Crippen molar-refractivity contribution < 1.29 is 9.90 Å². The first-order valence-corrected chi connectivity index (χ1v) is 6.79. The number of piperidine rings is 1. The minimum Gasteiger partial charge on any atom is -0.481 e. The molecular formula is C13H18N4O2. The number of hydrogen-bond donors (Lipinski definition) is 2. The Morgan fingerprint density at radius 2 is 2.00 bits per heavy atom. The van der Waals surface area contributed by atoms with Crippen molar-refractivity contribution in [1.82, 2.24) is 9.97 Å². The molecule has 6 nitrogen and oxygen atoms in total. The van der Waals surface area contributed by atoms with Crippen LogP contribution in [0.3, 0.4) is 0 Å². The molecule has 6 heteroatoms. The molecule has 1 aromatic heterocycles. The van der Waals surface area contributed by atoms with E-state index in [1.165, 1.54) is 12.8 Å². The number of anilines is 2. The summed E-state index contributed by atoms with van der Waals surface area (Å²) < 4.78 is 0. The van der Waals surface area contributed by atoms with Gasteiger partial charge in [0.05, 0.1) is 5.92 Å². The predicted octanol–water partition coefficient (Wildman–Crippen LogP) is 1.35. The molecular weight excluding hydrogens is 244 g/mol. The number of nitrogens with zero attached hydrogens (tertiary/aromatic N) is 3. The average Bonchev–Trinajstić information content (AvgIpc) is 3.23. The zero-order valence-electron chi connectivity index (χ0n) is 10.7. The summed E-state index contributed by atoms with van der Waals surface area (Å²) in [6, 6.07) is 2.53. The van der Waals surface area contributed by atoms with Crippen molar-refractivity contribution in [2.75, 3.05) is 23.3 Å². The van der Waals surface area contributed by atoms with E-state index in [-0.39, 0.29) is 5.92 Å². The Bertz CT molecular complexity index is 467. The van der Waals surface area contributed by atoms with Gasteiger partial charge in [-0.1, -0.05) is 0 Å². The van der Waals surface area contributed by atoms with Crippen LogP contribution in [0.2, 0.25) is 0 Å². The molecule has 19 heavy (non-hydrogen) atoms. The normalized spacial score (nSPS) is 20.3. The maximum atomic E-state index is 10.9. The molecule has 0 amide bonds. The highest BCUT2D eigenvalue weighted by Crippen LogP contribution is 2.26. The minimum absolute atomic E-state index is 0.206. The molecule has 1 saturated carbocycles. The van der Waals surface area contributed by atoms with Crippen LogP contribution in [0.5, 0.6) is 0 Å². The molecule has 1 aliphatic heterocycles. The van der Waals surface area contributed by atoms with Crippen molar-refractivity contribution in [3.63, 3.8) is 0 Å². The van der Waals surface area contributed by atoms with E-state index in [9.17, 15) is 4.79 Å². The summed E-state index contributed by atoms with van der Waals surface area (Å²) in [6.45, 7) is 1.49. The summed E-state index contributed by atoms with van der Waals surface area (Å²) in [4.78, 5) is 21.6. The van der Waals surface area contributed by atoms with Crippen molar-refractivity contribution in [1.29, 1.82) is 0 Å². The SMILES string of the molecule is O=C(O)C1CCN(c2cc(NC3CC3)ncn2)CC1. The Labute approximate surface area is 111 Å². The number of carbonyl (C=O) groups is 1. The predicted molar refractivity (Wildman–Crippen MR) is 71.2 cm³/mol. The third-order valence-corrected chi connectivity index (χ3v) is 3.75. The van der Waals surface area contributed by atoms with Gasteiger partial charge < -0.3 is 15.3 Å². The van der Waals surface area contributed by atoms with Crippen LogP contribution in [0.25, 0.3) is 0 Å². The molecule has 0 spiro atoms. The number of rotatable bonds is 4. The Hall–Kier alpha value is -1.85. The van der Waals surface area contributed by atoms with Crippen molar-refractivity contribution in [3.8, 4) is 0 Å². The van der Waals surface area contributed by atoms with E-state index in [4.69, 9.17) is 5.11 Å². The Balaban J connectivity index is 1.64. The minimum atomic E-state index is -0.682. The lowest BCUT2D eigenvalue weighted by atomic mass is 9.97. The molecule has 0 atom stereocenters. The van der Waals surface area contributed by atoms with E-state index < -0.39 is 5.97 Å². The Kier molecular flexibility index (Phi) is 3.23. The summed E-state index contributed by atoms with van der Waals surface area (Å²) in [5, 5.41) is 12.3. The van der Waals surface area contributed by atoms with E-state index in [1.54, 1.807) is 6.33 Å². The van der Waals surface area contributed by atoms with Crippen LogP contribution in [0.15, 0.2) is 12.4 Å². The van der Waals surface area contributed by atoms with Crippen molar-refractivity contribution in [2.45, 2.75) is 31.7 Å². The number of aromatic nitrogens is 2. The summed E-state index contributed by atoms with van der Waals surface area (Å²) in [5.74, 6) is 0.871. The highest BCUT2D eigenvalue weighted by atomic mass is 16.4. The van der Waals surface area contributed by atoms with Crippen LogP contribution < -0.4 is 10.2 Å². The third kappa shape index (κ3) is 2.94. The van der Waals surface area contributed by atoms with Gasteiger partial charge in [-0.15, -0.1) is 0 Å². The smallest absolute Gasteiger partial charge is 0.306 e. The largest absolute Gasteiger partial charge is 0.481 e. The first kappa shape index (κ1) is 12.2. The van der Waals surface area contributed by atoms with Gasteiger partial charge in [0.25, 0.3) is 0 Å². The number of carboxylic acid groups (broad SMARTS) is 1. The molecule has 2 N–H and O–H groups in total. The first-order chi connectivity index (χ1) is 9.22. The second-order valence-corrected chi connectivity index (χ2v) is 5.28. The fourth-order valence-electron chi connectivity index (χ4n) is 2.39. The fourth-order valence-corrected chi connectivity index (χ4v) is 2.39. The molecule has 2 fully saturated rings. The van der Waals surface area contributed by atoms with Gasteiger partial charge in [-0.2, -0.15) is 0 Å². The van der Waals surface area contributed by atoms with E-state index >= 15 is 0 Å². The summed E-state index contributed by atoms with van der Waals surface area (Å²) >= 11 is 0. The first-order valence-electron chi connectivity index (χ1n) is 6.79. The van der Waals surface area contributed by atoms with Gasteiger partial charge in [0.2, 0.25) is 0 Å². The lowest BCUT2D eigenvalue weighted by Gasteiger charge is -2.31. The molecule has 2 heterocycles. The molecule has 0 bridgehead atoms. The van der Waals surface area contributed by atoms with Gasteiger partial charge in [-0.25, -0.2) is 9.97 Å². The fraction of sp³-hybridized carbons (Fsp3) is 0.615. The second kappa shape index (κ2) is 5.03. The number of nitrogens with one attached hydrogen (secondary N) is 1. The highest BCUT2D eigenvalue weighted by Gasteiger charge is 2.26. The van der Waals surface area contributed by atoms with Crippen LogP contribution in [-0.2, 0) is 4.79 Å². The Morgan fingerprint density at radius 1 is 1.26 bits per heavy atom. The van der Waals surface area contributed by atoms with E-state index in [0.717, 1.165) is 24.7 Å². The highest BCUT2D eigenvalue weighted by molar-refractivity contribution is 5.70. The summed E-state index contributed by atoms with van der Waals surface area (Å²) in [5.41, 5.74) is 0. The van der Waals surface area contributed by atoms with E-state index in [0.29, 0.717) is 18.9 Å². The van der Waals surface area contributed by atoms with Gasteiger partial charge in [-0.05, 0) is 25.7 Å². The quantitative estimate of drug-likeness (QED) is 0.853. The molecule has 1 aliphatic carbocycles. The van der Waals surface area contributed by atoms with Crippen LogP contribution in [0.4, 0.5) is 11.6 Å². The molecule has 1 saturated heterocycles. The number of hydrogen-bond acceptors (Lipinski definition) is 5. The van der Waals surface area contributed by atoms with Gasteiger partial charge >= 0.3 is 5.97 Å². The number of carboxylic acids is 1. The van der Waals surface area contributed by atoms with Crippen molar-refractivity contribution in [2.24, 2.45) is 5.92 Å². The van der Waals surface area contributed by atoms with Crippen molar-refractivity contribution in [3.05, 3.63) is 12.4 Å². The number of aliphatic carboxylic acids is 1. The maximum absolute atomic E-state index is 10.9. The van der Waals surface area contributed by atoms with E-state index in [1.807, 2.05) is 6.07 Å². The van der Waals surface area contributed by atoms with Gasteiger partial charge in [0.15, 0.2) is 0 Å². The van der Waals surface area contributed by atoms with Crippen LogP contribution in [0, 0.1) is 5.92 Å². The van der Waals surface area contributed by atoms with Crippen LogP contribution in [0.1, 0.15) is 25.7 Å². The zero-order valence-corrected chi connectivity index (χ0v) is 10.7. The summed E-state index contributed by atoms with van der Waals surface area (Å²) in [6.07, 6.45) is 5.37.